The van der Waals surface area contributed by atoms with Gasteiger partial charge in [-0.05, 0) is 31.6 Å². The Balaban J connectivity index is 2.21. The van der Waals surface area contributed by atoms with Crippen LogP contribution < -0.4 is 0 Å². The fourth-order valence-corrected chi connectivity index (χ4v) is 2.07. The third kappa shape index (κ3) is 3.22. The number of rotatable bonds is 4. The van der Waals surface area contributed by atoms with Crippen molar-refractivity contribution in [3.63, 3.8) is 0 Å². The third-order valence-electron chi connectivity index (χ3n) is 2.89. The quantitative estimate of drug-likeness (QED) is 0.478. The highest BCUT2D eigenvalue weighted by Crippen LogP contribution is 2.31. The Labute approximate surface area is 80.9 Å². The number of Topliss-reactive ketones (excluding diaryl/α,β-unsaturated/α-hetero) is 1. The molecule has 0 saturated heterocycles. The van der Waals surface area contributed by atoms with E-state index in [0.717, 1.165) is 31.6 Å². The summed E-state index contributed by atoms with van der Waals surface area (Å²) in [5.41, 5.74) is 0. The second-order valence-corrected chi connectivity index (χ2v) is 4.14. The monoisotopic (exact) mass is 178 g/mol. The Hall–Kier alpha value is -0.770. The second-order valence-electron chi connectivity index (χ2n) is 4.14. The molecule has 2 unspecified atom stereocenters. The maximum atomic E-state index is 11.6. The Morgan fingerprint density at radius 3 is 2.85 bits per heavy atom. The van der Waals surface area contributed by atoms with Gasteiger partial charge in [0.2, 0.25) is 0 Å². The molecule has 13 heavy (non-hydrogen) atoms. The summed E-state index contributed by atoms with van der Waals surface area (Å²) in [5.74, 6) is 4.12. The molecule has 0 aliphatic heterocycles. The molecule has 0 aromatic carbocycles. The highest BCUT2D eigenvalue weighted by Gasteiger charge is 2.26. The zero-order valence-corrected chi connectivity index (χ0v) is 8.38. The summed E-state index contributed by atoms with van der Waals surface area (Å²) in [6, 6.07) is 0. The highest BCUT2D eigenvalue weighted by molar-refractivity contribution is 5.81. The lowest BCUT2D eigenvalue weighted by atomic mass is 9.97. The number of hydrogen-bond acceptors (Lipinski definition) is 1. The standard InChI is InChI=1S/C12H18O/c1-3-4-5-6-12(13)11-8-7-10(2)9-11/h1,10-11H,4-9H2,2H3. The zero-order chi connectivity index (χ0) is 9.68. The van der Waals surface area contributed by atoms with Crippen LogP contribution in [-0.4, -0.2) is 5.78 Å². The van der Waals surface area contributed by atoms with Gasteiger partial charge in [0.15, 0.2) is 0 Å². The molecule has 1 aliphatic rings. The van der Waals surface area contributed by atoms with Gasteiger partial charge < -0.3 is 0 Å². The number of carbonyl (C=O) groups is 1. The van der Waals surface area contributed by atoms with Gasteiger partial charge in [0.25, 0.3) is 0 Å². The molecule has 0 aromatic rings. The van der Waals surface area contributed by atoms with Crippen LogP contribution in [0.5, 0.6) is 0 Å². The fourth-order valence-electron chi connectivity index (χ4n) is 2.07. The number of ketones is 1. The van der Waals surface area contributed by atoms with E-state index < -0.39 is 0 Å². The van der Waals surface area contributed by atoms with Crippen LogP contribution in [0.3, 0.4) is 0 Å². The summed E-state index contributed by atoms with van der Waals surface area (Å²) in [6.07, 6.45) is 10.9. The van der Waals surface area contributed by atoms with E-state index in [1.165, 1.54) is 6.42 Å². The largest absolute Gasteiger partial charge is 0.299 e. The van der Waals surface area contributed by atoms with Gasteiger partial charge in [0.05, 0.1) is 0 Å². The molecular formula is C12H18O. The molecule has 1 aliphatic carbocycles. The normalized spacial score (nSPS) is 27.1. The first-order valence-corrected chi connectivity index (χ1v) is 5.20. The molecule has 0 spiro atoms. The number of carbonyl (C=O) groups excluding carboxylic acids is 1. The molecule has 0 N–H and O–H groups in total. The average Bonchev–Trinajstić information content (AvgIpc) is 2.52. The van der Waals surface area contributed by atoms with Crippen LogP contribution >= 0.6 is 0 Å². The molecular weight excluding hydrogens is 160 g/mol. The van der Waals surface area contributed by atoms with Gasteiger partial charge in [-0.15, -0.1) is 12.3 Å². The van der Waals surface area contributed by atoms with Gasteiger partial charge in [-0.2, -0.15) is 0 Å². The lowest BCUT2D eigenvalue weighted by molar-refractivity contribution is -0.122. The summed E-state index contributed by atoms with van der Waals surface area (Å²) < 4.78 is 0. The van der Waals surface area contributed by atoms with Crippen LogP contribution in [0.1, 0.15) is 45.4 Å². The van der Waals surface area contributed by atoms with E-state index in [1.807, 2.05) is 0 Å². The first-order valence-electron chi connectivity index (χ1n) is 5.20. The molecule has 0 amide bonds. The first kappa shape index (κ1) is 10.3. The van der Waals surface area contributed by atoms with Crippen LogP contribution in [0.4, 0.5) is 0 Å². The van der Waals surface area contributed by atoms with Crippen molar-refractivity contribution >= 4 is 5.78 Å². The van der Waals surface area contributed by atoms with Gasteiger partial charge in [0, 0.05) is 18.8 Å². The van der Waals surface area contributed by atoms with Crippen LogP contribution in [0, 0.1) is 24.2 Å². The summed E-state index contributed by atoms with van der Waals surface area (Å²) in [4.78, 5) is 11.6. The molecule has 0 bridgehead atoms. The van der Waals surface area contributed by atoms with Crippen LogP contribution in [0.25, 0.3) is 0 Å². The van der Waals surface area contributed by atoms with Crippen molar-refractivity contribution in [3.05, 3.63) is 0 Å². The van der Waals surface area contributed by atoms with Crippen LogP contribution in [0.2, 0.25) is 0 Å². The van der Waals surface area contributed by atoms with Crippen molar-refractivity contribution in [2.45, 2.75) is 45.4 Å². The smallest absolute Gasteiger partial charge is 0.136 e. The maximum absolute atomic E-state index is 11.6. The molecule has 1 fully saturated rings. The van der Waals surface area contributed by atoms with E-state index in [0.29, 0.717) is 18.1 Å². The molecule has 1 saturated carbocycles. The third-order valence-corrected chi connectivity index (χ3v) is 2.89. The Bertz CT molecular complexity index is 212. The summed E-state index contributed by atoms with van der Waals surface area (Å²) in [7, 11) is 0. The molecule has 0 heterocycles. The van der Waals surface area contributed by atoms with E-state index in [9.17, 15) is 4.79 Å². The van der Waals surface area contributed by atoms with Crippen LogP contribution in [0.15, 0.2) is 0 Å². The molecule has 1 rings (SSSR count). The average molecular weight is 178 g/mol. The lowest BCUT2D eigenvalue weighted by Gasteiger charge is -2.06. The molecule has 2 atom stereocenters. The van der Waals surface area contributed by atoms with Crippen molar-refractivity contribution in [2.24, 2.45) is 11.8 Å². The van der Waals surface area contributed by atoms with E-state index >= 15 is 0 Å². The Morgan fingerprint density at radius 2 is 2.31 bits per heavy atom. The Kier molecular flexibility index (Phi) is 4.02. The zero-order valence-electron chi connectivity index (χ0n) is 8.38. The molecule has 1 heteroatoms. The number of unbranched alkanes of at least 4 members (excludes halogenated alkanes) is 1. The fraction of sp³-hybridized carbons (Fsp3) is 0.750. The van der Waals surface area contributed by atoms with E-state index in [4.69, 9.17) is 6.42 Å². The SMILES string of the molecule is C#CCCCC(=O)C1CCC(C)C1. The minimum absolute atomic E-state index is 0.354. The summed E-state index contributed by atoms with van der Waals surface area (Å²) >= 11 is 0. The minimum atomic E-state index is 0.354. The summed E-state index contributed by atoms with van der Waals surface area (Å²) in [6.45, 7) is 2.23. The highest BCUT2D eigenvalue weighted by atomic mass is 16.1. The predicted molar refractivity (Wildman–Crippen MR) is 54.2 cm³/mol. The molecule has 1 nitrogen and oxygen atoms in total. The van der Waals surface area contributed by atoms with Crippen molar-refractivity contribution in [3.8, 4) is 12.3 Å². The van der Waals surface area contributed by atoms with E-state index in [2.05, 4.69) is 12.8 Å². The van der Waals surface area contributed by atoms with Gasteiger partial charge >= 0.3 is 0 Å². The van der Waals surface area contributed by atoms with E-state index in [1.54, 1.807) is 0 Å². The van der Waals surface area contributed by atoms with Gasteiger partial charge in [0.1, 0.15) is 5.78 Å². The second kappa shape index (κ2) is 5.07. The summed E-state index contributed by atoms with van der Waals surface area (Å²) in [5, 5.41) is 0. The molecule has 0 radical (unpaired) electrons. The van der Waals surface area contributed by atoms with E-state index in [-0.39, 0.29) is 0 Å². The molecule has 0 aromatic heterocycles. The van der Waals surface area contributed by atoms with Gasteiger partial charge in [-0.3, -0.25) is 4.79 Å². The van der Waals surface area contributed by atoms with Gasteiger partial charge in [-0.1, -0.05) is 6.92 Å². The maximum Gasteiger partial charge on any atom is 0.136 e. The Morgan fingerprint density at radius 1 is 1.54 bits per heavy atom. The molecule has 72 valence electrons. The van der Waals surface area contributed by atoms with Crippen molar-refractivity contribution in [2.75, 3.05) is 0 Å². The van der Waals surface area contributed by atoms with Crippen LogP contribution in [-0.2, 0) is 4.79 Å². The van der Waals surface area contributed by atoms with Crippen molar-refractivity contribution in [1.82, 2.24) is 0 Å². The lowest BCUT2D eigenvalue weighted by Crippen LogP contribution is -2.10. The van der Waals surface area contributed by atoms with Crippen molar-refractivity contribution < 1.29 is 4.79 Å². The minimum Gasteiger partial charge on any atom is -0.299 e. The van der Waals surface area contributed by atoms with Crippen molar-refractivity contribution in [1.29, 1.82) is 0 Å². The topological polar surface area (TPSA) is 17.1 Å². The van der Waals surface area contributed by atoms with Gasteiger partial charge in [-0.25, -0.2) is 0 Å². The number of terminal acetylenes is 1. The number of hydrogen-bond donors (Lipinski definition) is 0. The predicted octanol–water partition coefficient (Wildman–Crippen LogP) is 2.80. The first-order chi connectivity index (χ1) is 6.24.